The summed E-state index contributed by atoms with van der Waals surface area (Å²) >= 11 is 1.70. The van der Waals surface area contributed by atoms with Gasteiger partial charge in [0.1, 0.15) is 11.6 Å². The highest BCUT2D eigenvalue weighted by atomic mass is 32.1. The van der Waals surface area contributed by atoms with Crippen LogP contribution in [-0.4, -0.2) is 56.9 Å². The van der Waals surface area contributed by atoms with Crippen LogP contribution in [0, 0.1) is 0 Å². The maximum Gasteiger partial charge on any atom is 0.278 e. The first-order valence-electron chi connectivity index (χ1n) is 9.00. The summed E-state index contributed by atoms with van der Waals surface area (Å²) in [6, 6.07) is 8.52. The highest BCUT2D eigenvalue weighted by Gasteiger charge is 2.27. The SMILES string of the molecule is CC(C(=O)N1CCN(Cc2ccsc2)CC1)n1nnc2ccccc2c1=O. The van der Waals surface area contributed by atoms with Crippen molar-refractivity contribution in [3.63, 3.8) is 0 Å². The first-order valence-corrected chi connectivity index (χ1v) is 9.94. The van der Waals surface area contributed by atoms with Crippen LogP contribution in [0.25, 0.3) is 10.9 Å². The van der Waals surface area contributed by atoms with Crippen LogP contribution in [0.2, 0.25) is 0 Å². The number of hydrogen-bond acceptors (Lipinski definition) is 6. The summed E-state index contributed by atoms with van der Waals surface area (Å²) < 4.78 is 1.20. The first-order chi connectivity index (χ1) is 13.1. The molecule has 7 nitrogen and oxygen atoms in total. The standard InChI is InChI=1S/C19H21N5O2S/c1-14(24-19(26)16-4-2-3-5-17(16)20-21-24)18(25)23-9-7-22(8-10-23)12-15-6-11-27-13-15/h2-6,11,13-14H,7-10,12H2,1H3. The third-order valence-electron chi connectivity index (χ3n) is 4.99. The average molecular weight is 383 g/mol. The average Bonchev–Trinajstić information content (AvgIpc) is 3.21. The second kappa shape index (κ2) is 7.58. The summed E-state index contributed by atoms with van der Waals surface area (Å²) in [5.74, 6) is -0.0862. The summed E-state index contributed by atoms with van der Waals surface area (Å²) in [6.45, 7) is 5.59. The molecule has 4 rings (SSSR count). The third-order valence-corrected chi connectivity index (χ3v) is 5.72. The van der Waals surface area contributed by atoms with Gasteiger partial charge in [-0.2, -0.15) is 16.0 Å². The van der Waals surface area contributed by atoms with E-state index in [-0.39, 0.29) is 11.5 Å². The maximum atomic E-state index is 12.9. The summed E-state index contributed by atoms with van der Waals surface area (Å²) in [4.78, 5) is 29.7. The number of thiophene rings is 1. The zero-order chi connectivity index (χ0) is 18.8. The van der Waals surface area contributed by atoms with Crippen molar-refractivity contribution in [2.24, 2.45) is 0 Å². The summed E-state index contributed by atoms with van der Waals surface area (Å²) in [5, 5.41) is 12.8. The lowest BCUT2D eigenvalue weighted by atomic mass is 10.2. The molecular weight excluding hydrogens is 362 g/mol. The highest BCUT2D eigenvalue weighted by Crippen LogP contribution is 2.14. The molecule has 0 bridgehead atoms. The van der Waals surface area contributed by atoms with E-state index in [1.807, 2.05) is 11.0 Å². The fourth-order valence-corrected chi connectivity index (χ4v) is 4.05. The lowest BCUT2D eigenvalue weighted by Crippen LogP contribution is -2.50. The lowest BCUT2D eigenvalue weighted by Gasteiger charge is -2.35. The predicted molar refractivity (Wildman–Crippen MR) is 105 cm³/mol. The third kappa shape index (κ3) is 3.63. The number of hydrogen-bond donors (Lipinski definition) is 0. The van der Waals surface area contributed by atoms with Gasteiger partial charge in [-0.1, -0.05) is 17.3 Å². The zero-order valence-corrected chi connectivity index (χ0v) is 15.9. The van der Waals surface area contributed by atoms with Gasteiger partial charge in [0.05, 0.1) is 5.39 Å². The number of nitrogens with zero attached hydrogens (tertiary/aromatic N) is 5. The molecule has 1 aliphatic rings. The fraction of sp³-hybridized carbons (Fsp3) is 0.368. The maximum absolute atomic E-state index is 12.9. The molecule has 0 N–H and O–H groups in total. The number of aromatic nitrogens is 3. The van der Waals surface area contributed by atoms with Gasteiger partial charge in [0.15, 0.2) is 0 Å². The smallest absolute Gasteiger partial charge is 0.278 e. The molecule has 3 heterocycles. The van der Waals surface area contributed by atoms with Crippen molar-refractivity contribution in [2.45, 2.75) is 19.5 Å². The molecule has 0 radical (unpaired) electrons. The van der Waals surface area contributed by atoms with E-state index in [0.717, 1.165) is 19.6 Å². The predicted octanol–water partition coefficient (Wildman–Crippen LogP) is 1.76. The van der Waals surface area contributed by atoms with E-state index in [1.165, 1.54) is 10.2 Å². The van der Waals surface area contributed by atoms with E-state index < -0.39 is 6.04 Å². The molecule has 1 saturated heterocycles. The second-order valence-corrected chi connectivity index (χ2v) is 7.55. The Morgan fingerprint density at radius 3 is 2.70 bits per heavy atom. The topological polar surface area (TPSA) is 71.3 Å². The van der Waals surface area contributed by atoms with Gasteiger partial charge in [-0.3, -0.25) is 14.5 Å². The molecule has 3 aromatic rings. The van der Waals surface area contributed by atoms with E-state index in [4.69, 9.17) is 0 Å². The minimum Gasteiger partial charge on any atom is -0.338 e. The molecule has 0 spiro atoms. The van der Waals surface area contributed by atoms with Crippen LogP contribution in [-0.2, 0) is 11.3 Å². The Balaban J connectivity index is 1.44. The van der Waals surface area contributed by atoms with Crippen LogP contribution < -0.4 is 5.56 Å². The van der Waals surface area contributed by atoms with Gasteiger partial charge >= 0.3 is 0 Å². The van der Waals surface area contributed by atoms with Crippen molar-refractivity contribution < 1.29 is 4.79 Å². The van der Waals surface area contributed by atoms with Crippen LogP contribution in [0.4, 0.5) is 0 Å². The minimum absolute atomic E-state index is 0.0862. The highest BCUT2D eigenvalue weighted by molar-refractivity contribution is 7.07. The number of carbonyl (C=O) groups excluding carboxylic acids is 1. The number of rotatable bonds is 4. The van der Waals surface area contributed by atoms with Crippen LogP contribution in [0.15, 0.2) is 45.9 Å². The minimum atomic E-state index is -0.668. The Morgan fingerprint density at radius 1 is 1.19 bits per heavy atom. The molecule has 0 aliphatic carbocycles. The number of carbonyl (C=O) groups is 1. The van der Waals surface area contributed by atoms with Crippen LogP contribution in [0.1, 0.15) is 18.5 Å². The van der Waals surface area contributed by atoms with Crippen molar-refractivity contribution in [1.82, 2.24) is 24.8 Å². The molecule has 1 aliphatic heterocycles. The van der Waals surface area contributed by atoms with Crippen LogP contribution >= 0.6 is 11.3 Å². The van der Waals surface area contributed by atoms with Crippen LogP contribution in [0.5, 0.6) is 0 Å². The molecule has 1 aromatic carbocycles. The van der Waals surface area contributed by atoms with Crippen molar-refractivity contribution in [3.8, 4) is 0 Å². The van der Waals surface area contributed by atoms with Crippen LogP contribution in [0.3, 0.4) is 0 Å². The summed E-state index contributed by atoms with van der Waals surface area (Å²) in [7, 11) is 0. The van der Waals surface area contributed by atoms with Crippen molar-refractivity contribution in [2.75, 3.05) is 26.2 Å². The molecule has 1 unspecified atom stereocenters. The molecule has 8 heteroatoms. The molecule has 2 aromatic heterocycles. The molecular formula is C19H21N5O2S. The van der Waals surface area contributed by atoms with Gasteiger partial charge in [-0.15, -0.1) is 5.10 Å². The number of amides is 1. The molecule has 1 fully saturated rings. The van der Waals surface area contributed by atoms with E-state index >= 15 is 0 Å². The molecule has 27 heavy (non-hydrogen) atoms. The van der Waals surface area contributed by atoms with Crippen molar-refractivity contribution in [3.05, 3.63) is 57.0 Å². The van der Waals surface area contributed by atoms with Gasteiger partial charge in [0.2, 0.25) is 5.91 Å². The van der Waals surface area contributed by atoms with Gasteiger partial charge in [-0.05, 0) is 41.4 Å². The van der Waals surface area contributed by atoms with Gasteiger partial charge < -0.3 is 4.90 Å². The Morgan fingerprint density at radius 2 is 1.96 bits per heavy atom. The quantitative estimate of drug-likeness (QED) is 0.687. The molecule has 1 amide bonds. The summed E-state index contributed by atoms with van der Waals surface area (Å²) in [5.41, 5.74) is 1.57. The number of piperazine rings is 1. The zero-order valence-electron chi connectivity index (χ0n) is 15.1. The normalized spacial score (nSPS) is 16.6. The van der Waals surface area contributed by atoms with E-state index in [2.05, 4.69) is 32.0 Å². The molecule has 140 valence electrons. The Hall–Kier alpha value is -2.58. The Bertz CT molecular complexity index is 993. The lowest BCUT2D eigenvalue weighted by molar-refractivity contribution is -0.136. The largest absolute Gasteiger partial charge is 0.338 e. The summed E-state index contributed by atoms with van der Waals surface area (Å²) in [6.07, 6.45) is 0. The monoisotopic (exact) mass is 383 g/mol. The second-order valence-electron chi connectivity index (χ2n) is 6.77. The van der Waals surface area contributed by atoms with Crippen molar-refractivity contribution >= 4 is 28.1 Å². The fourth-order valence-electron chi connectivity index (χ4n) is 3.39. The van der Waals surface area contributed by atoms with E-state index in [1.54, 1.807) is 36.5 Å². The number of fused-ring (bicyclic) bond motifs is 1. The van der Waals surface area contributed by atoms with Gasteiger partial charge in [0, 0.05) is 32.7 Å². The van der Waals surface area contributed by atoms with Gasteiger partial charge in [0.25, 0.3) is 5.56 Å². The van der Waals surface area contributed by atoms with E-state index in [0.29, 0.717) is 24.0 Å². The first kappa shape index (κ1) is 17.8. The Kier molecular flexibility index (Phi) is 5.00. The van der Waals surface area contributed by atoms with Crippen molar-refractivity contribution in [1.29, 1.82) is 0 Å². The molecule has 1 atom stereocenters. The Labute approximate surface area is 160 Å². The van der Waals surface area contributed by atoms with E-state index in [9.17, 15) is 9.59 Å². The number of benzene rings is 1. The molecule has 0 saturated carbocycles. The van der Waals surface area contributed by atoms with Gasteiger partial charge in [-0.25, -0.2) is 0 Å².